The smallest absolute Gasteiger partial charge is 0.222 e. The van der Waals surface area contributed by atoms with E-state index >= 15 is 0 Å². The fourth-order valence-corrected chi connectivity index (χ4v) is 4.15. The van der Waals surface area contributed by atoms with Crippen LogP contribution >= 0.6 is 0 Å². The molecule has 3 aromatic rings. The maximum atomic E-state index is 12.5. The molecule has 0 spiro atoms. The highest BCUT2D eigenvalue weighted by atomic mass is 16.1. The number of fused-ring (bicyclic) bond motifs is 1. The van der Waals surface area contributed by atoms with E-state index in [2.05, 4.69) is 46.5 Å². The molecule has 0 radical (unpaired) electrons. The predicted molar refractivity (Wildman–Crippen MR) is 118 cm³/mol. The zero-order chi connectivity index (χ0) is 20.9. The van der Waals surface area contributed by atoms with E-state index < -0.39 is 0 Å². The van der Waals surface area contributed by atoms with Crippen molar-refractivity contribution in [3.05, 3.63) is 76.1 Å². The first-order valence-electron chi connectivity index (χ1n) is 10.6. The standard InChI is InChI=1S/C24H28N4O2/c1-18-5-4-6-19(15-18)17-27-12-9-20(10-13-27)26-24(30)11-14-28-22-8-3-2-7-21(22)23(29)16-25-28/h2-8,15-16,20H,9-14,17H2,1H3,(H,26,30). The predicted octanol–water partition coefficient (Wildman–Crippen LogP) is 2.88. The van der Waals surface area contributed by atoms with Gasteiger partial charge in [0, 0.05) is 37.5 Å². The van der Waals surface area contributed by atoms with Crippen molar-refractivity contribution in [2.45, 2.75) is 45.3 Å². The summed E-state index contributed by atoms with van der Waals surface area (Å²) in [6.07, 6.45) is 3.61. The van der Waals surface area contributed by atoms with Crippen molar-refractivity contribution in [1.29, 1.82) is 0 Å². The summed E-state index contributed by atoms with van der Waals surface area (Å²) in [5.74, 6) is 0.0386. The molecular formula is C24H28N4O2. The van der Waals surface area contributed by atoms with Gasteiger partial charge in [-0.2, -0.15) is 5.10 Å². The molecule has 6 heteroatoms. The molecule has 1 aromatic heterocycles. The van der Waals surface area contributed by atoms with Gasteiger partial charge >= 0.3 is 0 Å². The van der Waals surface area contributed by atoms with Crippen molar-refractivity contribution < 1.29 is 4.79 Å². The minimum Gasteiger partial charge on any atom is -0.353 e. The number of rotatable bonds is 6. The summed E-state index contributed by atoms with van der Waals surface area (Å²) < 4.78 is 1.74. The number of amides is 1. The molecule has 6 nitrogen and oxygen atoms in total. The second-order valence-corrected chi connectivity index (χ2v) is 8.11. The van der Waals surface area contributed by atoms with Crippen LogP contribution in [0.5, 0.6) is 0 Å². The van der Waals surface area contributed by atoms with Crippen LogP contribution in [0.1, 0.15) is 30.4 Å². The third-order valence-electron chi connectivity index (χ3n) is 5.75. The first-order chi connectivity index (χ1) is 14.6. The van der Waals surface area contributed by atoms with Crippen LogP contribution in [-0.4, -0.2) is 39.7 Å². The van der Waals surface area contributed by atoms with Gasteiger partial charge in [0.15, 0.2) is 0 Å². The van der Waals surface area contributed by atoms with Crippen molar-refractivity contribution in [1.82, 2.24) is 20.0 Å². The number of piperidine rings is 1. The normalized spacial score (nSPS) is 15.4. The molecule has 1 fully saturated rings. The summed E-state index contributed by atoms with van der Waals surface area (Å²) in [5, 5.41) is 8.01. The first-order valence-corrected chi connectivity index (χ1v) is 10.6. The minimum atomic E-state index is -0.0938. The van der Waals surface area contributed by atoms with E-state index in [0.717, 1.165) is 38.0 Å². The molecule has 1 aliphatic heterocycles. The van der Waals surface area contributed by atoms with Gasteiger partial charge in [-0.05, 0) is 37.5 Å². The Morgan fingerprint density at radius 3 is 2.73 bits per heavy atom. The number of hydrogen-bond donors (Lipinski definition) is 1. The molecule has 1 aliphatic rings. The van der Waals surface area contributed by atoms with E-state index in [4.69, 9.17) is 0 Å². The second-order valence-electron chi connectivity index (χ2n) is 8.11. The number of carbonyl (C=O) groups excluding carboxylic acids is 1. The Morgan fingerprint density at radius 1 is 1.13 bits per heavy atom. The fraction of sp³-hybridized carbons (Fsp3) is 0.375. The van der Waals surface area contributed by atoms with Crippen LogP contribution in [0.4, 0.5) is 0 Å². The summed E-state index contributed by atoms with van der Waals surface area (Å²) >= 11 is 0. The van der Waals surface area contributed by atoms with E-state index in [1.807, 2.05) is 18.2 Å². The van der Waals surface area contributed by atoms with E-state index in [-0.39, 0.29) is 17.4 Å². The number of para-hydroxylation sites is 1. The van der Waals surface area contributed by atoms with Gasteiger partial charge in [0.2, 0.25) is 11.3 Å². The lowest BCUT2D eigenvalue weighted by atomic mass is 10.0. The quantitative estimate of drug-likeness (QED) is 0.686. The molecule has 2 aromatic carbocycles. The molecule has 0 atom stereocenters. The highest BCUT2D eigenvalue weighted by Crippen LogP contribution is 2.15. The lowest BCUT2D eigenvalue weighted by molar-refractivity contribution is -0.122. The second kappa shape index (κ2) is 9.22. The number of likely N-dealkylation sites (tertiary alicyclic amines) is 1. The average molecular weight is 405 g/mol. The Morgan fingerprint density at radius 2 is 1.93 bits per heavy atom. The molecule has 0 aliphatic carbocycles. The Labute approximate surface area is 176 Å². The van der Waals surface area contributed by atoms with Crippen LogP contribution in [0.3, 0.4) is 0 Å². The maximum Gasteiger partial charge on any atom is 0.222 e. The van der Waals surface area contributed by atoms with Gasteiger partial charge in [0.1, 0.15) is 0 Å². The lowest BCUT2D eigenvalue weighted by Gasteiger charge is -2.32. The number of benzene rings is 2. The minimum absolute atomic E-state index is 0.0386. The molecule has 4 rings (SSSR count). The Kier molecular flexibility index (Phi) is 6.23. The molecule has 1 N–H and O–H groups in total. The Hall–Kier alpha value is -2.99. The number of hydrogen-bond acceptors (Lipinski definition) is 4. The van der Waals surface area contributed by atoms with Crippen LogP contribution in [0.25, 0.3) is 10.9 Å². The lowest BCUT2D eigenvalue weighted by Crippen LogP contribution is -2.44. The Balaban J connectivity index is 1.26. The van der Waals surface area contributed by atoms with Gasteiger partial charge < -0.3 is 5.32 Å². The number of carbonyl (C=O) groups is 1. The molecule has 2 heterocycles. The van der Waals surface area contributed by atoms with Crippen LogP contribution in [-0.2, 0) is 17.9 Å². The number of nitrogens with zero attached hydrogens (tertiary/aromatic N) is 3. The first kappa shape index (κ1) is 20.3. The van der Waals surface area contributed by atoms with Gasteiger partial charge in [0.05, 0.1) is 18.3 Å². The van der Waals surface area contributed by atoms with Crippen molar-refractivity contribution in [3.8, 4) is 0 Å². The van der Waals surface area contributed by atoms with E-state index in [1.165, 1.54) is 17.3 Å². The number of nitrogens with one attached hydrogen (secondary N) is 1. The summed E-state index contributed by atoms with van der Waals surface area (Å²) in [5.41, 5.74) is 3.31. The van der Waals surface area contributed by atoms with Gasteiger partial charge in [-0.15, -0.1) is 0 Å². The van der Waals surface area contributed by atoms with Gasteiger partial charge in [-0.25, -0.2) is 0 Å². The molecule has 0 bridgehead atoms. The molecule has 0 unspecified atom stereocenters. The number of aromatic nitrogens is 2. The summed E-state index contributed by atoms with van der Waals surface area (Å²) in [6.45, 7) is 5.53. The topological polar surface area (TPSA) is 67.2 Å². The monoisotopic (exact) mass is 404 g/mol. The van der Waals surface area contributed by atoms with Crippen LogP contribution < -0.4 is 10.7 Å². The van der Waals surface area contributed by atoms with Crippen LogP contribution in [0.15, 0.2) is 59.5 Å². The summed E-state index contributed by atoms with van der Waals surface area (Å²) in [6, 6.07) is 16.3. The third kappa shape index (κ3) is 4.94. The molecule has 0 saturated carbocycles. The zero-order valence-corrected chi connectivity index (χ0v) is 17.4. The van der Waals surface area contributed by atoms with E-state index in [9.17, 15) is 9.59 Å². The van der Waals surface area contributed by atoms with Crippen LogP contribution in [0, 0.1) is 6.92 Å². The van der Waals surface area contributed by atoms with Crippen molar-refractivity contribution in [3.63, 3.8) is 0 Å². The van der Waals surface area contributed by atoms with Gasteiger partial charge in [-0.3, -0.25) is 19.2 Å². The van der Waals surface area contributed by atoms with Gasteiger partial charge in [0.25, 0.3) is 0 Å². The largest absolute Gasteiger partial charge is 0.353 e. The maximum absolute atomic E-state index is 12.5. The van der Waals surface area contributed by atoms with Gasteiger partial charge in [-0.1, -0.05) is 42.0 Å². The highest BCUT2D eigenvalue weighted by Gasteiger charge is 2.20. The van der Waals surface area contributed by atoms with Crippen molar-refractivity contribution in [2.75, 3.05) is 13.1 Å². The van der Waals surface area contributed by atoms with Crippen molar-refractivity contribution in [2.24, 2.45) is 0 Å². The SMILES string of the molecule is Cc1cccc(CN2CCC(NC(=O)CCn3ncc(=O)c4ccccc43)CC2)c1. The zero-order valence-electron chi connectivity index (χ0n) is 17.4. The summed E-state index contributed by atoms with van der Waals surface area (Å²) in [4.78, 5) is 26.9. The van der Waals surface area contributed by atoms with Crippen molar-refractivity contribution >= 4 is 16.8 Å². The molecule has 30 heavy (non-hydrogen) atoms. The van der Waals surface area contributed by atoms with E-state index in [1.54, 1.807) is 10.7 Å². The average Bonchev–Trinajstić information content (AvgIpc) is 2.75. The summed E-state index contributed by atoms with van der Waals surface area (Å²) in [7, 11) is 0. The fourth-order valence-electron chi connectivity index (χ4n) is 4.15. The molecule has 1 saturated heterocycles. The Bertz CT molecular complexity index is 1080. The van der Waals surface area contributed by atoms with Crippen LogP contribution in [0.2, 0.25) is 0 Å². The molecular weight excluding hydrogens is 376 g/mol. The molecule has 1 amide bonds. The highest BCUT2D eigenvalue weighted by molar-refractivity contribution is 5.79. The third-order valence-corrected chi connectivity index (χ3v) is 5.75. The van der Waals surface area contributed by atoms with E-state index in [0.29, 0.717) is 18.4 Å². The molecule has 156 valence electrons. The number of aryl methyl sites for hydroxylation is 2.